The van der Waals surface area contributed by atoms with Gasteiger partial charge in [-0.2, -0.15) is 4.98 Å². The molecule has 16 heavy (non-hydrogen) atoms. The number of nitrogens with zero attached hydrogens (tertiary/aromatic N) is 3. The molecule has 0 amide bonds. The van der Waals surface area contributed by atoms with Crippen LogP contribution < -0.4 is 5.69 Å². The normalized spacial score (nSPS) is 10.7. The van der Waals surface area contributed by atoms with E-state index >= 15 is 0 Å². The first-order valence-electron chi connectivity index (χ1n) is 4.91. The van der Waals surface area contributed by atoms with Crippen LogP contribution in [-0.2, 0) is 13.6 Å². The van der Waals surface area contributed by atoms with Crippen molar-refractivity contribution in [3.63, 3.8) is 0 Å². The predicted molar refractivity (Wildman–Crippen MR) is 62.8 cm³/mol. The summed E-state index contributed by atoms with van der Waals surface area (Å²) in [6.07, 6.45) is 1.50. The molecular formula is C11H12ClN3O. The van der Waals surface area contributed by atoms with E-state index in [1.807, 2.05) is 25.1 Å². The minimum Gasteiger partial charge on any atom is -0.273 e. The van der Waals surface area contributed by atoms with Crippen LogP contribution in [0.1, 0.15) is 11.1 Å². The summed E-state index contributed by atoms with van der Waals surface area (Å²) in [5, 5.41) is 0.685. The van der Waals surface area contributed by atoms with E-state index in [-0.39, 0.29) is 5.69 Å². The molecule has 0 aliphatic carbocycles. The molecule has 5 heteroatoms. The van der Waals surface area contributed by atoms with Crippen molar-refractivity contribution in [1.82, 2.24) is 14.3 Å². The fraction of sp³-hybridized carbons (Fsp3) is 0.273. The van der Waals surface area contributed by atoms with E-state index in [1.54, 1.807) is 16.4 Å². The third-order valence-electron chi connectivity index (χ3n) is 2.37. The van der Waals surface area contributed by atoms with E-state index in [4.69, 9.17) is 11.6 Å². The van der Waals surface area contributed by atoms with E-state index < -0.39 is 0 Å². The lowest BCUT2D eigenvalue weighted by Crippen LogP contribution is -2.22. The van der Waals surface area contributed by atoms with Crippen molar-refractivity contribution >= 4 is 11.6 Å². The molecule has 0 saturated carbocycles. The second kappa shape index (κ2) is 4.14. The van der Waals surface area contributed by atoms with Crippen molar-refractivity contribution < 1.29 is 0 Å². The third-order valence-corrected chi connectivity index (χ3v) is 2.59. The smallest absolute Gasteiger partial charge is 0.273 e. The highest BCUT2D eigenvalue weighted by Gasteiger charge is 2.04. The molecule has 1 aromatic carbocycles. The van der Waals surface area contributed by atoms with Crippen LogP contribution in [0, 0.1) is 6.92 Å². The number of hydrogen-bond donors (Lipinski definition) is 0. The molecule has 0 bridgehead atoms. The van der Waals surface area contributed by atoms with Gasteiger partial charge in [-0.25, -0.2) is 9.48 Å². The van der Waals surface area contributed by atoms with Crippen LogP contribution in [0.5, 0.6) is 0 Å². The molecule has 84 valence electrons. The largest absolute Gasteiger partial charge is 0.364 e. The summed E-state index contributed by atoms with van der Waals surface area (Å²) < 4.78 is 3.21. The van der Waals surface area contributed by atoms with Gasteiger partial charge in [-0.05, 0) is 30.2 Å². The van der Waals surface area contributed by atoms with E-state index in [9.17, 15) is 4.79 Å². The van der Waals surface area contributed by atoms with Gasteiger partial charge in [-0.1, -0.05) is 17.7 Å². The summed E-state index contributed by atoms with van der Waals surface area (Å²) >= 11 is 5.96. The quantitative estimate of drug-likeness (QED) is 0.796. The van der Waals surface area contributed by atoms with Gasteiger partial charge in [0.25, 0.3) is 0 Å². The average Bonchev–Trinajstić information content (AvgIpc) is 2.48. The fourth-order valence-corrected chi connectivity index (χ4v) is 1.96. The van der Waals surface area contributed by atoms with E-state index in [2.05, 4.69) is 4.98 Å². The number of aromatic nitrogens is 3. The second-order valence-corrected chi connectivity index (χ2v) is 4.23. The van der Waals surface area contributed by atoms with Gasteiger partial charge in [0.05, 0.1) is 6.54 Å². The number of hydrogen-bond acceptors (Lipinski definition) is 2. The summed E-state index contributed by atoms with van der Waals surface area (Å²) in [6.45, 7) is 2.46. The van der Waals surface area contributed by atoms with Crippen molar-refractivity contribution in [2.45, 2.75) is 13.5 Å². The number of rotatable bonds is 2. The maximum atomic E-state index is 11.4. The molecule has 2 aromatic rings. The molecule has 1 heterocycles. The highest BCUT2D eigenvalue weighted by Crippen LogP contribution is 2.14. The van der Waals surface area contributed by atoms with Crippen LogP contribution >= 0.6 is 11.6 Å². The lowest BCUT2D eigenvalue weighted by atomic mass is 10.1. The topological polar surface area (TPSA) is 39.8 Å². The molecule has 0 aliphatic heterocycles. The zero-order chi connectivity index (χ0) is 11.7. The Morgan fingerprint density at radius 1 is 1.38 bits per heavy atom. The van der Waals surface area contributed by atoms with Gasteiger partial charge >= 0.3 is 5.69 Å². The molecule has 0 atom stereocenters. The van der Waals surface area contributed by atoms with Gasteiger partial charge < -0.3 is 0 Å². The van der Waals surface area contributed by atoms with Gasteiger partial charge in [-0.15, -0.1) is 0 Å². The first-order chi connectivity index (χ1) is 7.56. The fourth-order valence-electron chi connectivity index (χ4n) is 1.65. The highest BCUT2D eigenvalue weighted by molar-refractivity contribution is 6.30. The standard InChI is InChI=1S/C11H12ClN3O/c1-8-3-9(5-10(12)4-8)6-15-11(16)13-7-14(15)2/h3-5,7H,6H2,1-2H3. The SMILES string of the molecule is Cc1cc(Cl)cc(Cn2c(=O)ncn2C)c1. The molecule has 1 aromatic heterocycles. The Bertz CT molecular complexity index is 551. The summed E-state index contributed by atoms with van der Waals surface area (Å²) in [6, 6.07) is 5.75. The number of halogens is 1. The maximum absolute atomic E-state index is 11.4. The van der Waals surface area contributed by atoms with Crippen LogP contribution in [0.2, 0.25) is 5.02 Å². The second-order valence-electron chi connectivity index (χ2n) is 3.80. The van der Waals surface area contributed by atoms with Gasteiger partial charge in [0, 0.05) is 12.1 Å². The van der Waals surface area contributed by atoms with Crippen LogP contribution in [0.3, 0.4) is 0 Å². The monoisotopic (exact) mass is 237 g/mol. The van der Waals surface area contributed by atoms with Crippen molar-refractivity contribution in [1.29, 1.82) is 0 Å². The van der Waals surface area contributed by atoms with Gasteiger partial charge in [0.15, 0.2) is 0 Å². The van der Waals surface area contributed by atoms with Gasteiger partial charge in [-0.3, -0.25) is 4.68 Å². The van der Waals surface area contributed by atoms with Gasteiger partial charge in [0.1, 0.15) is 6.33 Å². The summed E-state index contributed by atoms with van der Waals surface area (Å²) in [7, 11) is 1.78. The molecule has 2 rings (SSSR count). The van der Waals surface area contributed by atoms with Crippen molar-refractivity contribution in [2.75, 3.05) is 0 Å². The van der Waals surface area contributed by atoms with E-state index in [1.165, 1.54) is 6.33 Å². The average molecular weight is 238 g/mol. The molecule has 0 saturated heterocycles. The Morgan fingerprint density at radius 2 is 2.12 bits per heavy atom. The maximum Gasteiger partial charge on any atom is 0.364 e. The van der Waals surface area contributed by atoms with Crippen LogP contribution in [0.4, 0.5) is 0 Å². The van der Waals surface area contributed by atoms with Crippen LogP contribution in [0.15, 0.2) is 29.3 Å². The highest BCUT2D eigenvalue weighted by atomic mass is 35.5. The minimum atomic E-state index is -0.250. The zero-order valence-electron chi connectivity index (χ0n) is 9.14. The molecule has 0 aliphatic rings. The molecule has 4 nitrogen and oxygen atoms in total. The summed E-state index contributed by atoms with van der Waals surface area (Å²) in [5.41, 5.74) is 1.83. The molecule has 0 N–H and O–H groups in total. The molecule has 0 spiro atoms. The molecular weight excluding hydrogens is 226 g/mol. The van der Waals surface area contributed by atoms with E-state index in [0.29, 0.717) is 11.6 Å². The molecule has 0 radical (unpaired) electrons. The predicted octanol–water partition coefficient (Wildman–Crippen LogP) is 1.59. The van der Waals surface area contributed by atoms with Crippen molar-refractivity contribution in [3.8, 4) is 0 Å². The first kappa shape index (κ1) is 11.0. The zero-order valence-corrected chi connectivity index (χ0v) is 9.90. The van der Waals surface area contributed by atoms with E-state index in [0.717, 1.165) is 11.1 Å². The lowest BCUT2D eigenvalue weighted by molar-refractivity contribution is 0.535. The van der Waals surface area contributed by atoms with Crippen LogP contribution in [0.25, 0.3) is 0 Å². The Morgan fingerprint density at radius 3 is 2.69 bits per heavy atom. The molecule has 0 fully saturated rings. The Labute approximate surface area is 98.1 Å². The Balaban J connectivity index is 2.37. The first-order valence-corrected chi connectivity index (χ1v) is 5.28. The Hall–Kier alpha value is -1.55. The van der Waals surface area contributed by atoms with Gasteiger partial charge in [0.2, 0.25) is 0 Å². The minimum absolute atomic E-state index is 0.250. The van der Waals surface area contributed by atoms with Crippen LogP contribution in [-0.4, -0.2) is 14.3 Å². The number of aryl methyl sites for hydroxylation is 2. The number of benzene rings is 1. The third kappa shape index (κ3) is 2.17. The molecule has 0 unspecified atom stereocenters. The Kier molecular flexibility index (Phi) is 2.83. The van der Waals surface area contributed by atoms with Crippen molar-refractivity contribution in [3.05, 3.63) is 51.2 Å². The lowest BCUT2D eigenvalue weighted by Gasteiger charge is -2.07. The van der Waals surface area contributed by atoms with Crippen molar-refractivity contribution in [2.24, 2.45) is 7.05 Å². The summed E-state index contributed by atoms with van der Waals surface area (Å²) in [4.78, 5) is 15.1. The summed E-state index contributed by atoms with van der Waals surface area (Å²) in [5.74, 6) is 0.